The maximum absolute atomic E-state index is 13.1. The average Bonchev–Trinajstić information content (AvgIpc) is 3.13. The number of fused-ring (bicyclic) bond motifs is 2. The molecule has 1 aromatic carbocycles. The van der Waals surface area contributed by atoms with Crippen LogP contribution >= 0.6 is 11.8 Å². The molecule has 3 heterocycles. The highest BCUT2D eigenvalue weighted by Crippen LogP contribution is 2.28. The van der Waals surface area contributed by atoms with Crippen molar-refractivity contribution in [3.8, 4) is 0 Å². The zero-order valence-corrected chi connectivity index (χ0v) is 15.9. The Morgan fingerprint density at radius 2 is 1.96 bits per heavy atom. The SMILES string of the molecule is Cc1cc(C)n2nc(S[C@H](C)C(=O)c3c(C)[nH]c4ccccc34)nc2n1. The molecule has 1 atom stereocenters. The summed E-state index contributed by atoms with van der Waals surface area (Å²) in [5.74, 6) is 0.637. The van der Waals surface area contributed by atoms with Crippen LogP contribution < -0.4 is 0 Å². The molecule has 0 saturated carbocycles. The number of benzene rings is 1. The standard InChI is InChI=1S/C19H19N5OS/c1-10-9-11(2)24-18(20-10)22-19(23-24)26-13(4)17(25)16-12(3)21-15-8-6-5-7-14(15)16/h5-9,13,21H,1-4H3/t13-/m1/s1. The number of H-pyrrole nitrogens is 1. The number of rotatable bonds is 4. The van der Waals surface area contributed by atoms with Crippen LogP contribution in [0.25, 0.3) is 16.7 Å². The van der Waals surface area contributed by atoms with Crippen LogP contribution in [0, 0.1) is 20.8 Å². The maximum Gasteiger partial charge on any atom is 0.253 e. The van der Waals surface area contributed by atoms with Crippen molar-refractivity contribution in [1.29, 1.82) is 0 Å². The highest BCUT2D eigenvalue weighted by Gasteiger charge is 2.24. The lowest BCUT2D eigenvalue weighted by molar-refractivity contribution is 0.0995. The van der Waals surface area contributed by atoms with Crippen molar-refractivity contribution in [2.24, 2.45) is 0 Å². The molecule has 7 heteroatoms. The normalized spacial score (nSPS) is 12.8. The highest BCUT2D eigenvalue weighted by atomic mass is 32.2. The van der Waals surface area contributed by atoms with E-state index < -0.39 is 0 Å². The van der Waals surface area contributed by atoms with Crippen molar-refractivity contribution in [2.75, 3.05) is 0 Å². The topological polar surface area (TPSA) is 75.9 Å². The quantitative estimate of drug-likeness (QED) is 0.438. The Balaban J connectivity index is 1.65. The number of Topliss-reactive ketones (excluding diaryl/α,β-unsaturated/α-hetero) is 1. The summed E-state index contributed by atoms with van der Waals surface area (Å²) >= 11 is 1.36. The monoisotopic (exact) mass is 365 g/mol. The number of thioether (sulfide) groups is 1. The molecule has 4 rings (SSSR count). The minimum Gasteiger partial charge on any atom is -0.358 e. The van der Waals surface area contributed by atoms with Crippen molar-refractivity contribution in [3.05, 3.63) is 53.0 Å². The molecule has 0 aliphatic rings. The first-order valence-electron chi connectivity index (χ1n) is 8.43. The van der Waals surface area contributed by atoms with Gasteiger partial charge >= 0.3 is 0 Å². The number of aromatic amines is 1. The Kier molecular flexibility index (Phi) is 4.03. The molecule has 6 nitrogen and oxygen atoms in total. The Morgan fingerprint density at radius 3 is 2.77 bits per heavy atom. The van der Waals surface area contributed by atoms with Crippen molar-refractivity contribution >= 4 is 34.2 Å². The summed E-state index contributed by atoms with van der Waals surface area (Å²) in [5, 5.41) is 5.71. The number of aryl methyl sites for hydroxylation is 3. The number of para-hydroxylation sites is 1. The summed E-state index contributed by atoms with van der Waals surface area (Å²) in [6, 6.07) is 9.83. The minimum absolute atomic E-state index is 0.0738. The lowest BCUT2D eigenvalue weighted by Crippen LogP contribution is -2.14. The fourth-order valence-electron chi connectivity index (χ4n) is 3.21. The molecular weight excluding hydrogens is 346 g/mol. The molecule has 4 aromatic rings. The molecule has 132 valence electrons. The van der Waals surface area contributed by atoms with Crippen LogP contribution in [0.5, 0.6) is 0 Å². The number of carbonyl (C=O) groups is 1. The van der Waals surface area contributed by atoms with Gasteiger partial charge in [-0.05, 0) is 39.8 Å². The zero-order valence-electron chi connectivity index (χ0n) is 15.1. The molecule has 0 amide bonds. The van der Waals surface area contributed by atoms with Crippen molar-refractivity contribution in [3.63, 3.8) is 0 Å². The van der Waals surface area contributed by atoms with Gasteiger partial charge in [-0.15, -0.1) is 5.10 Å². The highest BCUT2D eigenvalue weighted by molar-refractivity contribution is 8.00. The van der Waals surface area contributed by atoms with Crippen LogP contribution in [0.4, 0.5) is 0 Å². The van der Waals surface area contributed by atoms with Gasteiger partial charge in [0.2, 0.25) is 5.16 Å². The second-order valence-electron chi connectivity index (χ2n) is 6.44. The average molecular weight is 365 g/mol. The molecule has 0 aliphatic heterocycles. The number of hydrogen-bond donors (Lipinski definition) is 1. The summed E-state index contributed by atoms with van der Waals surface area (Å²) in [4.78, 5) is 25.2. The molecule has 0 spiro atoms. The molecule has 0 fully saturated rings. The van der Waals surface area contributed by atoms with Gasteiger partial charge in [-0.3, -0.25) is 4.79 Å². The van der Waals surface area contributed by atoms with Gasteiger partial charge in [0.25, 0.3) is 5.78 Å². The summed E-state index contributed by atoms with van der Waals surface area (Å²) in [6.45, 7) is 7.73. The lowest BCUT2D eigenvalue weighted by atomic mass is 10.1. The van der Waals surface area contributed by atoms with Gasteiger partial charge in [0.05, 0.1) is 5.25 Å². The van der Waals surface area contributed by atoms with Gasteiger partial charge in [0, 0.05) is 33.5 Å². The third-order valence-electron chi connectivity index (χ3n) is 4.39. The molecule has 0 radical (unpaired) electrons. The van der Waals surface area contributed by atoms with Crippen LogP contribution in [0.3, 0.4) is 0 Å². The molecular formula is C19H19N5OS. The number of nitrogens with zero attached hydrogens (tertiary/aromatic N) is 4. The van der Waals surface area contributed by atoms with Gasteiger partial charge in [-0.1, -0.05) is 30.0 Å². The number of hydrogen-bond acceptors (Lipinski definition) is 5. The Labute approximate surface area is 155 Å². The molecule has 0 saturated heterocycles. The first kappa shape index (κ1) is 16.8. The molecule has 26 heavy (non-hydrogen) atoms. The lowest BCUT2D eigenvalue weighted by Gasteiger charge is -2.08. The van der Waals surface area contributed by atoms with E-state index in [1.54, 1.807) is 4.52 Å². The van der Waals surface area contributed by atoms with E-state index in [0.29, 0.717) is 10.9 Å². The first-order chi connectivity index (χ1) is 12.4. The number of carbonyl (C=O) groups excluding carboxylic acids is 1. The van der Waals surface area contributed by atoms with E-state index >= 15 is 0 Å². The molecule has 1 N–H and O–H groups in total. The fraction of sp³-hybridized carbons (Fsp3) is 0.263. The first-order valence-corrected chi connectivity index (χ1v) is 9.31. The largest absolute Gasteiger partial charge is 0.358 e. The van der Waals surface area contributed by atoms with Crippen LogP contribution in [0.1, 0.15) is 34.4 Å². The molecule has 3 aromatic heterocycles. The van der Waals surface area contributed by atoms with E-state index in [2.05, 4.69) is 20.1 Å². The summed E-state index contributed by atoms with van der Waals surface area (Å²) in [7, 11) is 0. The van der Waals surface area contributed by atoms with E-state index in [1.807, 2.05) is 58.0 Å². The van der Waals surface area contributed by atoms with Crippen molar-refractivity contribution in [1.82, 2.24) is 24.6 Å². The second kappa shape index (κ2) is 6.25. The summed E-state index contributed by atoms with van der Waals surface area (Å²) in [5.41, 5.74) is 4.48. The minimum atomic E-state index is -0.299. The predicted molar refractivity (Wildman–Crippen MR) is 103 cm³/mol. The van der Waals surface area contributed by atoms with E-state index in [0.717, 1.165) is 33.5 Å². The van der Waals surface area contributed by atoms with Crippen molar-refractivity contribution < 1.29 is 4.79 Å². The molecule has 0 unspecified atom stereocenters. The smallest absolute Gasteiger partial charge is 0.253 e. The summed E-state index contributed by atoms with van der Waals surface area (Å²) < 4.78 is 1.71. The number of ketones is 1. The van der Waals surface area contributed by atoms with E-state index in [9.17, 15) is 4.79 Å². The Bertz CT molecular complexity index is 1140. The van der Waals surface area contributed by atoms with Crippen LogP contribution in [-0.2, 0) is 0 Å². The third-order valence-corrected chi connectivity index (χ3v) is 5.34. The van der Waals surface area contributed by atoms with Gasteiger partial charge < -0.3 is 4.98 Å². The van der Waals surface area contributed by atoms with E-state index in [1.165, 1.54) is 11.8 Å². The number of nitrogens with one attached hydrogen (secondary N) is 1. The van der Waals surface area contributed by atoms with Crippen LogP contribution in [0.15, 0.2) is 35.5 Å². The van der Waals surface area contributed by atoms with Gasteiger partial charge in [0.1, 0.15) is 0 Å². The van der Waals surface area contributed by atoms with Crippen molar-refractivity contribution in [2.45, 2.75) is 38.1 Å². The van der Waals surface area contributed by atoms with E-state index in [4.69, 9.17) is 0 Å². The van der Waals surface area contributed by atoms with Crippen LogP contribution in [-0.4, -0.2) is 35.6 Å². The van der Waals surface area contributed by atoms with Crippen LogP contribution in [0.2, 0.25) is 0 Å². The second-order valence-corrected chi connectivity index (χ2v) is 7.75. The van der Waals surface area contributed by atoms with Gasteiger partial charge in [-0.25, -0.2) is 9.50 Å². The van der Waals surface area contributed by atoms with Gasteiger partial charge in [-0.2, -0.15) is 4.98 Å². The molecule has 0 bridgehead atoms. The summed E-state index contributed by atoms with van der Waals surface area (Å²) in [6.07, 6.45) is 0. The van der Waals surface area contributed by atoms with Gasteiger partial charge in [0.15, 0.2) is 5.78 Å². The molecule has 0 aliphatic carbocycles. The Morgan fingerprint density at radius 1 is 1.19 bits per heavy atom. The predicted octanol–water partition coefficient (Wildman–Crippen LogP) is 3.89. The fourth-order valence-corrected chi connectivity index (χ4v) is 4.01. The maximum atomic E-state index is 13.1. The van der Waals surface area contributed by atoms with E-state index in [-0.39, 0.29) is 11.0 Å². The number of aromatic nitrogens is 5. The third kappa shape index (κ3) is 2.78. The Hall–Kier alpha value is -2.67. The zero-order chi connectivity index (χ0) is 18.4.